The van der Waals surface area contributed by atoms with Gasteiger partial charge in [0.1, 0.15) is 5.82 Å². The summed E-state index contributed by atoms with van der Waals surface area (Å²) in [5, 5.41) is 16.1. The van der Waals surface area contributed by atoms with Gasteiger partial charge in [0.25, 0.3) is 0 Å². The third kappa shape index (κ3) is 3.62. The smallest absolute Gasteiger partial charge is 0.329 e. The molecule has 0 radical (unpaired) electrons. The van der Waals surface area contributed by atoms with Crippen molar-refractivity contribution in [2.75, 3.05) is 29.4 Å². The number of carbonyl (C=O) groups is 3. The minimum absolute atomic E-state index is 0.110. The van der Waals surface area contributed by atoms with Crippen molar-refractivity contribution in [3.8, 4) is 0 Å². The van der Waals surface area contributed by atoms with Crippen LogP contribution in [0.5, 0.6) is 0 Å². The van der Waals surface area contributed by atoms with Crippen LogP contribution in [0.3, 0.4) is 0 Å². The number of aliphatic carboxylic acids is 1. The zero-order valence-corrected chi connectivity index (χ0v) is 16.0. The molecule has 0 spiro atoms. The molecular weight excluding hydrogens is 381 g/mol. The molecule has 29 heavy (non-hydrogen) atoms. The number of piperidine rings is 1. The van der Waals surface area contributed by atoms with Crippen LogP contribution in [0.4, 0.5) is 20.7 Å². The van der Waals surface area contributed by atoms with Crippen LogP contribution in [-0.4, -0.2) is 52.4 Å². The van der Waals surface area contributed by atoms with Gasteiger partial charge in [-0.2, -0.15) is 5.10 Å². The average Bonchev–Trinajstić information content (AvgIpc) is 2.97. The second-order valence-corrected chi connectivity index (χ2v) is 7.55. The van der Waals surface area contributed by atoms with E-state index in [4.69, 9.17) is 5.11 Å². The molecule has 2 aromatic rings. The lowest BCUT2D eigenvalue weighted by Gasteiger charge is -2.33. The third-order valence-corrected chi connectivity index (χ3v) is 5.63. The maximum atomic E-state index is 15.0. The highest BCUT2D eigenvalue weighted by molar-refractivity contribution is 6.09. The number of imide groups is 1. The normalized spacial score (nSPS) is 18.4. The van der Waals surface area contributed by atoms with Crippen LogP contribution in [0.25, 0.3) is 10.9 Å². The molecule has 4 rings (SSSR count). The van der Waals surface area contributed by atoms with Crippen molar-refractivity contribution in [1.29, 1.82) is 0 Å². The number of rotatable bonds is 4. The standard InChI is InChI=1S/C19H22FN5O4/c1-23-14-10-15(24-5-2-11(3-6-24)8-17(27)28)13(20)9-12(14)18(22-23)25-7-4-16(26)21-19(25)29/h9-11H,2-8H2,1H3,(H,27,28)(H,21,26,29). The molecule has 10 heteroatoms. The number of anilines is 2. The largest absolute Gasteiger partial charge is 0.481 e. The molecule has 0 aliphatic carbocycles. The lowest BCUT2D eigenvalue weighted by atomic mass is 9.93. The highest BCUT2D eigenvalue weighted by atomic mass is 19.1. The molecule has 1 aromatic carbocycles. The second kappa shape index (κ2) is 7.34. The number of carboxylic acids is 1. The van der Waals surface area contributed by atoms with Gasteiger partial charge in [-0.3, -0.25) is 24.5 Å². The van der Waals surface area contributed by atoms with Crippen molar-refractivity contribution in [2.24, 2.45) is 13.0 Å². The Morgan fingerprint density at radius 3 is 2.66 bits per heavy atom. The number of benzene rings is 1. The Kier molecular flexibility index (Phi) is 4.85. The van der Waals surface area contributed by atoms with Gasteiger partial charge in [-0.15, -0.1) is 0 Å². The van der Waals surface area contributed by atoms with Crippen molar-refractivity contribution in [3.63, 3.8) is 0 Å². The summed E-state index contributed by atoms with van der Waals surface area (Å²) >= 11 is 0. The Bertz CT molecular complexity index is 996. The number of carbonyl (C=O) groups excluding carboxylic acids is 2. The van der Waals surface area contributed by atoms with E-state index in [0.29, 0.717) is 48.3 Å². The monoisotopic (exact) mass is 403 g/mol. The van der Waals surface area contributed by atoms with Crippen molar-refractivity contribution in [3.05, 3.63) is 17.9 Å². The van der Waals surface area contributed by atoms with Gasteiger partial charge in [-0.05, 0) is 30.9 Å². The first-order chi connectivity index (χ1) is 13.8. The van der Waals surface area contributed by atoms with Crippen molar-refractivity contribution in [2.45, 2.75) is 25.7 Å². The summed E-state index contributed by atoms with van der Waals surface area (Å²) in [6.07, 6.45) is 1.70. The highest BCUT2D eigenvalue weighted by Crippen LogP contribution is 2.34. The topological polar surface area (TPSA) is 108 Å². The van der Waals surface area contributed by atoms with E-state index >= 15 is 0 Å². The number of aromatic nitrogens is 2. The van der Waals surface area contributed by atoms with Crippen LogP contribution in [0.1, 0.15) is 25.7 Å². The molecule has 2 aliphatic heterocycles. The number of nitrogens with zero attached hydrogens (tertiary/aromatic N) is 4. The molecule has 154 valence electrons. The van der Waals surface area contributed by atoms with E-state index in [2.05, 4.69) is 10.4 Å². The van der Waals surface area contributed by atoms with E-state index in [1.165, 1.54) is 11.0 Å². The number of carboxylic acid groups (broad SMARTS) is 1. The first-order valence-electron chi connectivity index (χ1n) is 9.58. The summed E-state index contributed by atoms with van der Waals surface area (Å²) < 4.78 is 16.6. The van der Waals surface area contributed by atoms with Crippen LogP contribution in [0.15, 0.2) is 12.1 Å². The molecule has 0 atom stereocenters. The van der Waals surface area contributed by atoms with Crippen LogP contribution in [-0.2, 0) is 16.6 Å². The van der Waals surface area contributed by atoms with Gasteiger partial charge in [0.15, 0.2) is 5.82 Å². The summed E-state index contributed by atoms with van der Waals surface area (Å²) in [5.74, 6) is -1.14. The molecule has 0 unspecified atom stereocenters. The fourth-order valence-electron chi connectivity index (χ4n) is 4.08. The van der Waals surface area contributed by atoms with Crippen molar-refractivity contribution in [1.82, 2.24) is 15.1 Å². The molecule has 2 aliphatic rings. The fraction of sp³-hybridized carbons (Fsp3) is 0.474. The maximum Gasteiger partial charge on any atom is 0.329 e. The van der Waals surface area contributed by atoms with Crippen LogP contribution < -0.4 is 15.1 Å². The maximum absolute atomic E-state index is 15.0. The van der Waals surface area contributed by atoms with Crippen LogP contribution in [0, 0.1) is 11.7 Å². The Morgan fingerprint density at radius 2 is 2.00 bits per heavy atom. The number of halogens is 1. The second-order valence-electron chi connectivity index (χ2n) is 7.55. The fourth-order valence-corrected chi connectivity index (χ4v) is 4.08. The number of hydrogen-bond donors (Lipinski definition) is 2. The Morgan fingerprint density at radius 1 is 1.28 bits per heavy atom. The number of hydrogen-bond acceptors (Lipinski definition) is 5. The van der Waals surface area contributed by atoms with E-state index in [0.717, 1.165) is 0 Å². The summed E-state index contributed by atoms with van der Waals surface area (Å²) in [5.41, 5.74) is 1.12. The molecule has 3 heterocycles. The zero-order valence-electron chi connectivity index (χ0n) is 16.0. The number of fused-ring (bicyclic) bond motifs is 1. The molecule has 1 aromatic heterocycles. The van der Waals surface area contributed by atoms with Crippen molar-refractivity contribution >= 4 is 40.3 Å². The minimum Gasteiger partial charge on any atom is -0.481 e. The molecule has 0 saturated carbocycles. The summed E-state index contributed by atoms with van der Waals surface area (Å²) in [6.45, 7) is 1.36. The molecular formula is C19H22FN5O4. The lowest BCUT2D eigenvalue weighted by molar-refractivity contribution is -0.138. The highest BCUT2D eigenvalue weighted by Gasteiger charge is 2.29. The molecule has 2 saturated heterocycles. The zero-order chi connectivity index (χ0) is 20.7. The first-order valence-corrected chi connectivity index (χ1v) is 9.58. The number of nitrogens with one attached hydrogen (secondary N) is 1. The van der Waals surface area contributed by atoms with Gasteiger partial charge in [0.2, 0.25) is 5.91 Å². The van der Waals surface area contributed by atoms with Gasteiger partial charge < -0.3 is 10.0 Å². The predicted octanol–water partition coefficient (Wildman–Crippen LogP) is 1.85. The Balaban J connectivity index is 1.62. The van der Waals surface area contributed by atoms with Crippen LogP contribution >= 0.6 is 0 Å². The molecule has 2 N–H and O–H groups in total. The van der Waals surface area contributed by atoms with Gasteiger partial charge in [-0.25, -0.2) is 9.18 Å². The summed E-state index contributed by atoms with van der Waals surface area (Å²) in [6, 6.07) is 2.53. The number of aryl methyl sites for hydroxylation is 1. The van der Waals surface area contributed by atoms with Crippen LogP contribution in [0.2, 0.25) is 0 Å². The summed E-state index contributed by atoms with van der Waals surface area (Å²) in [7, 11) is 1.72. The number of urea groups is 1. The number of amides is 3. The van der Waals surface area contributed by atoms with E-state index in [1.807, 2.05) is 4.90 Å². The first kappa shape index (κ1) is 19.2. The Labute approximate surface area is 166 Å². The third-order valence-electron chi connectivity index (χ3n) is 5.63. The van der Waals surface area contributed by atoms with Gasteiger partial charge in [0.05, 0.1) is 11.2 Å². The molecule has 9 nitrogen and oxygen atoms in total. The quantitative estimate of drug-likeness (QED) is 0.807. The minimum atomic E-state index is -0.804. The van der Waals surface area contributed by atoms with E-state index in [1.54, 1.807) is 17.8 Å². The Hall–Kier alpha value is -3.17. The molecule has 0 bridgehead atoms. The van der Waals surface area contributed by atoms with Gasteiger partial charge >= 0.3 is 12.0 Å². The lowest BCUT2D eigenvalue weighted by Crippen LogP contribution is -2.49. The molecule has 3 amide bonds. The van der Waals surface area contributed by atoms with E-state index in [-0.39, 0.29) is 31.2 Å². The van der Waals surface area contributed by atoms with E-state index < -0.39 is 17.8 Å². The van der Waals surface area contributed by atoms with Crippen molar-refractivity contribution < 1.29 is 23.9 Å². The van der Waals surface area contributed by atoms with E-state index in [9.17, 15) is 18.8 Å². The van der Waals surface area contributed by atoms with Gasteiger partial charge in [0, 0.05) is 44.9 Å². The predicted molar refractivity (Wildman–Crippen MR) is 103 cm³/mol. The average molecular weight is 403 g/mol. The summed E-state index contributed by atoms with van der Waals surface area (Å²) in [4.78, 5) is 37.7. The van der Waals surface area contributed by atoms with Gasteiger partial charge in [-0.1, -0.05) is 0 Å². The molecule has 2 fully saturated rings. The SMILES string of the molecule is Cn1nc(N2CCC(=O)NC2=O)c2cc(F)c(N3CCC(CC(=O)O)CC3)cc21.